The van der Waals surface area contributed by atoms with E-state index < -0.39 is 11.5 Å². The number of amides is 2. The molecule has 7 heteroatoms. The summed E-state index contributed by atoms with van der Waals surface area (Å²) < 4.78 is 0. The van der Waals surface area contributed by atoms with Gasteiger partial charge >= 0.3 is 0 Å². The molecule has 3 aliphatic heterocycles. The number of carbonyl (C=O) groups excluding carboxylic acids is 2. The molecule has 0 aliphatic carbocycles. The molecule has 0 saturated carbocycles. The van der Waals surface area contributed by atoms with Crippen molar-refractivity contribution in [3.8, 4) is 0 Å². The van der Waals surface area contributed by atoms with Crippen LogP contribution in [0.2, 0.25) is 5.02 Å². The molecule has 3 aliphatic rings. The van der Waals surface area contributed by atoms with Crippen LogP contribution in [0.1, 0.15) is 17.5 Å². The molecule has 5 nitrogen and oxygen atoms in total. The molecule has 3 atom stereocenters. The molecule has 2 amide bonds. The van der Waals surface area contributed by atoms with Crippen LogP contribution in [-0.4, -0.2) is 34.4 Å². The minimum atomic E-state index is -0.943. The lowest BCUT2D eigenvalue weighted by Gasteiger charge is -2.36. The van der Waals surface area contributed by atoms with Crippen molar-refractivity contribution in [3.05, 3.63) is 58.6 Å². The lowest BCUT2D eigenvalue weighted by molar-refractivity contribution is -0.134. The number of nitrogens with zero attached hydrogens (tertiary/aromatic N) is 1. The molecule has 28 heavy (non-hydrogen) atoms. The summed E-state index contributed by atoms with van der Waals surface area (Å²) in [7, 11) is 0. The molecule has 5 rings (SSSR count). The standard InChI is InChI=1S/C21H20ClN3O2S/c1-12-6-7-13(22)8-18(12)23-19(26)16-9-14-10-28-11-25(14)21(16)15-4-2-3-5-17(15)24-20(21)27/h2-8,14,16H,9-11H2,1H3,(H,23,26)(H,24,27)/t14-,16-,21-/m0/s1. The van der Waals surface area contributed by atoms with Crippen molar-refractivity contribution in [2.24, 2.45) is 5.92 Å². The Kier molecular flexibility index (Phi) is 4.19. The van der Waals surface area contributed by atoms with E-state index in [-0.39, 0.29) is 17.9 Å². The van der Waals surface area contributed by atoms with Crippen molar-refractivity contribution < 1.29 is 9.59 Å². The van der Waals surface area contributed by atoms with Gasteiger partial charge in [-0.3, -0.25) is 14.5 Å². The van der Waals surface area contributed by atoms with Crippen LogP contribution in [0.4, 0.5) is 11.4 Å². The summed E-state index contributed by atoms with van der Waals surface area (Å²) >= 11 is 7.94. The van der Waals surface area contributed by atoms with Gasteiger partial charge in [-0.1, -0.05) is 35.9 Å². The van der Waals surface area contributed by atoms with E-state index in [1.54, 1.807) is 12.1 Å². The Morgan fingerprint density at radius 2 is 2.14 bits per heavy atom. The van der Waals surface area contributed by atoms with Crippen molar-refractivity contribution in [1.29, 1.82) is 0 Å². The first-order valence-corrected chi connectivity index (χ1v) is 10.9. The molecule has 0 radical (unpaired) electrons. The first-order valence-electron chi connectivity index (χ1n) is 9.34. The molecular weight excluding hydrogens is 394 g/mol. The van der Waals surface area contributed by atoms with Gasteiger partial charge in [0.25, 0.3) is 0 Å². The fourth-order valence-corrected chi connectivity index (χ4v) is 6.33. The van der Waals surface area contributed by atoms with Crippen LogP contribution in [0.25, 0.3) is 0 Å². The third-order valence-electron chi connectivity index (χ3n) is 6.15. The SMILES string of the molecule is Cc1ccc(Cl)cc1NC(=O)[C@@H]1C[C@H]2CSCN2[C@]12C(=O)Nc1ccccc12. The zero-order valence-corrected chi connectivity index (χ0v) is 16.9. The molecule has 144 valence electrons. The van der Waals surface area contributed by atoms with E-state index in [0.29, 0.717) is 17.1 Å². The lowest BCUT2D eigenvalue weighted by Crippen LogP contribution is -2.53. The van der Waals surface area contributed by atoms with Gasteiger partial charge in [0.2, 0.25) is 11.8 Å². The van der Waals surface area contributed by atoms with Gasteiger partial charge in [0, 0.05) is 39.6 Å². The molecule has 2 aromatic rings. The van der Waals surface area contributed by atoms with Crippen LogP contribution in [0.15, 0.2) is 42.5 Å². The van der Waals surface area contributed by atoms with E-state index >= 15 is 0 Å². The molecule has 0 aromatic heterocycles. The molecule has 0 unspecified atom stereocenters. The van der Waals surface area contributed by atoms with Gasteiger partial charge in [-0.2, -0.15) is 0 Å². The van der Waals surface area contributed by atoms with Gasteiger partial charge in [-0.15, -0.1) is 11.8 Å². The van der Waals surface area contributed by atoms with Crippen LogP contribution in [0, 0.1) is 12.8 Å². The molecule has 2 fully saturated rings. The molecule has 2 saturated heterocycles. The fraction of sp³-hybridized carbons (Fsp3) is 0.333. The highest BCUT2D eigenvalue weighted by atomic mass is 35.5. The topological polar surface area (TPSA) is 61.4 Å². The van der Waals surface area contributed by atoms with Gasteiger partial charge in [0.15, 0.2) is 0 Å². The monoisotopic (exact) mass is 413 g/mol. The highest BCUT2D eigenvalue weighted by molar-refractivity contribution is 7.99. The van der Waals surface area contributed by atoms with E-state index in [1.807, 2.05) is 49.0 Å². The van der Waals surface area contributed by atoms with Crippen LogP contribution >= 0.6 is 23.4 Å². The number of rotatable bonds is 2. The third-order valence-corrected chi connectivity index (χ3v) is 7.47. The normalized spacial score (nSPS) is 28.3. The second-order valence-corrected chi connectivity index (χ2v) is 9.06. The predicted octanol–water partition coefficient (Wildman–Crippen LogP) is 3.83. The molecule has 3 heterocycles. The van der Waals surface area contributed by atoms with Crippen molar-refractivity contribution in [1.82, 2.24) is 4.90 Å². The Balaban J connectivity index is 1.58. The van der Waals surface area contributed by atoms with Crippen LogP contribution in [0.3, 0.4) is 0 Å². The van der Waals surface area contributed by atoms with Crippen LogP contribution in [0.5, 0.6) is 0 Å². The number of nitrogens with one attached hydrogen (secondary N) is 2. The maximum absolute atomic E-state index is 13.5. The predicted molar refractivity (Wildman–Crippen MR) is 113 cm³/mol. The van der Waals surface area contributed by atoms with E-state index in [4.69, 9.17) is 11.6 Å². The Morgan fingerprint density at radius 1 is 1.32 bits per heavy atom. The van der Waals surface area contributed by atoms with Crippen LogP contribution in [-0.2, 0) is 15.1 Å². The average molecular weight is 414 g/mol. The molecule has 2 N–H and O–H groups in total. The zero-order chi connectivity index (χ0) is 19.5. The number of carbonyl (C=O) groups is 2. The fourth-order valence-electron chi connectivity index (χ4n) is 4.85. The molecule has 0 bridgehead atoms. The van der Waals surface area contributed by atoms with E-state index in [0.717, 1.165) is 28.4 Å². The van der Waals surface area contributed by atoms with Gasteiger partial charge < -0.3 is 10.6 Å². The van der Waals surface area contributed by atoms with Gasteiger partial charge in [0.1, 0.15) is 5.54 Å². The van der Waals surface area contributed by atoms with Crippen molar-refractivity contribution >= 4 is 46.6 Å². The lowest BCUT2D eigenvalue weighted by atomic mass is 9.79. The summed E-state index contributed by atoms with van der Waals surface area (Å²) in [5.74, 6) is 1.02. The Morgan fingerprint density at radius 3 is 3.00 bits per heavy atom. The maximum Gasteiger partial charge on any atom is 0.250 e. The number of benzene rings is 2. The molecule has 2 aromatic carbocycles. The van der Waals surface area contributed by atoms with E-state index in [2.05, 4.69) is 15.5 Å². The molecule has 1 spiro atoms. The number of hydrogen-bond donors (Lipinski definition) is 2. The Labute approximate surface area is 172 Å². The van der Waals surface area contributed by atoms with Crippen molar-refractivity contribution in [3.63, 3.8) is 0 Å². The zero-order valence-electron chi connectivity index (χ0n) is 15.4. The van der Waals surface area contributed by atoms with Gasteiger partial charge in [-0.05, 0) is 37.1 Å². The first kappa shape index (κ1) is 18.0. The summed E-state index contributed by atoms with van der Waals surface area (Å²) in [5, 5.41) is 6.64. The minimum Gasteiger partial charge on any atom is -0.325 e. The van der Waals surface area contributed by atoms with Crippen molar-refractivity contribution in [2.45, 2.75) is 24.9 Å². The van der Waals surface area contributed by atoms with Crippen LogP contribution < -0.4 is 10.6 Å². The second-order valence-electron chi connectivity index (χ2n) is 7.63. The summed E-state index contributed by atoms with van der Waals surface area (Å²) in [4.78, 5) is 29.0. The summed E-state index contributed by atoms with van der Waals surface area (Å²) in [5.41, 5.74) is 2.41. The summed E-state index contributed by atoms with van der Waals surface area (Å²) in [6, 6.07) is 13.4. The number of halogens is 1. The maximum atomic E-state index is 13.5. The number of thioether (sulfide) groups is 1. The van der Waals surface area contributed by atoms with Gasteiger partial charge in [-0.25, -0.2) is 0 Å². The van der Waals surface area contributed by atoms with Gasteiger partial charge in [0.05, 0.1) is 5.92 Å². The largest absolute Gasteiger partial charge is 0.325 e. The highest BCUT2D eigenvalue weighted by Crippen LogP contribution is 2.55. The quantitative estimate of drug-likeness (QED) is 0.785. The second kappa shape index (κ2) is 6.51. The van der Waals surface area contributed by atoms with Crippen molar-refractivity contribution in [2.75, 3.05) is 22.3 Å². The smallest absolute Gasteiger partial charge is 0.250 e. The Bertz CT molecular complexity index is 997. The third kappa shape index (κ3) is 2.44. The number of hydrogen-bond acceptors (Lipinski definition) is 4. The summed E-state index contributed by atoms with van der Waals surface area (Å²) in [6.45, 7) is 1.93. The number of fused-ring (bicyclic) bond motifs is 4. The average Bonchev–Trinajstić information content (AvgIpc) is 3.33. The number of aryl methyl sites for hydroxylation is 1. The number of para-hydroxylation sites is 1. The first-order chi connectivity index (χ1) is 13.5. The van der Waals surface area contributed by atoms with E-state index in [1.165, 1.54) is 0 Å². The number of anilines is 2. The van der Waals surface area contributed by atoms with E-state index in [9.17, 15) is 9.59 Å². The Hall–Kier alpha value is -2.02. The molecular formula is C21H20ClN3O2S. The summed E-state index contributed by atoms with van der Waals surface area (Å²) in [6.07, 6.45) is 0.667. The highest BCUT2D eigenvalue weighted by Gasteiger charge is 2.65. The minimum absolute atomic E-state index is 0.0957.